The number of aromatic nitrogens is 1. The molecule has 1 aromatic rings. The van der Waals surface area contributed by atoms with Crippen LogP contribution in [0.2, 0.25) is 0 Å². The smallest absolute Gasteiger partial charge is 0.250 e. The molecule has 0 aliphatic heterocycles. The van der Waals surface area contributed by atoms with Gasteiger partial charge in [-0.2, -0.15) is 0 Å². The van der Waals surface area contributed by atoms with E-state index in [2.05, 4.69) is 0 Å². The van der Waals surface area contributed by atoms with Crippen LogP contribution in [0.1, 0.15) is 48.2 Å². The molecule has 0 aromatic carbocycles. The molecule has 1 aliphatic carbocycles. The second kappa shape index (κ2) is 5.96. The Labute approximate surface area is 106 Å². The van der Waals surface area contributed by atoms with E-state index in [1.807, 2.05) is 0 Å². The first kappa shape index (κ1) is 13.0. The minimum atomic E-state index is -0.0209. The minimum Gasteiger partial charge on any atom is -0.396 e. The number of pyridine rings is 1. The van der Waals surface area contributed by atoms with Crippen molar-refractivity contribution in [1.82, 2.24) is 4.57 Å². The van der Waals surface area contributed by atoms with Gasteiger partial charge >= 0.3 is 0 Å². The van der Waals surface area contributed by atoms with Crippen molar-refractivity contribution in [3.8, 4) is 0 Å². The SMILES string of the molecule is O=C1CCCc2c1ccc(=O)n2CCCCCO. The van der Waals surface area contributed by atoms with E-state index < -0.39 is 0 Å². The van der Waals surface area contributed by atoms with Crippen molar-refractivity contribution >= 4 is 5.78 Å². The molecule has 0 saturated carbocycles. The first-order valence-corrected chi connectivity index (χ1v) is 6.61. The summed E-state index contributed by atoms with van der Waals surface area (Å²) in [6.07, 6.45) is 4.78. The van der Waals surface area contributed by atoms with Gasteiger partial charge in [0.2, 0.25) is 0 Å². The number of hydrogen-bond donors (Lipinski definition) is 1. The highest BCUT2D eigenvalue weighted by Gasteiger charge is 2.20. The zero-order valence-corrected chi connectivity index (χ0v) is 10.5. The molecule has 0 spiro atoms. The maximum absolute atomic E-state index is 11.9. The summed E-state index contributed by atoms with van der Waals surface area (Å²) in [5.41, 5.74) is 1.61. The molecule has 18 heavy (non-hydrogen) atoms. The van der Waals surface area contributed by atoms with Gasteiger partial charge in [-0.05, 0) is 38.2 Å². The van der Waals surface area contributed by atoms with Gasteiger partial charge in [-0.15, -0.1) is 0 Å². The third kappa shape index (κ3) is 2.70. The lowest BCUT2D eigenvalue weighted by Gasteiger charge is -2.19. The molecule has 1 aliphatic rings. The van der Waals surface area contributed by atoms with Crippen molar-refractivity contribution in [2.24, 2.45) is 0 Å². The van der Waals surface area contributed by atoms with Gasteiger partial charge in [0, 0.05) is 36.9 Å². The van der Waals surface area contributed by atoms with E-state index in [9.17, 15) is 9.59 Å². The largest absolute Gasteiger partial charge is 0.396 e. The van der Waals surface area contributed by atoms with Crippen LogP contribution in [0.25, 0.3) is 0 Å². The average molecular weight is 249 g/mol. The van der Waals surface area contributed by atoms with Crippen molar-refractivity contribution in [3.63, 3.8) is 0 Å². The van der Waals surface area contributed by atoms with Crippen LogP contribution in [-0.4, -0.2) is 22.1 Å². The summed E-state index contributed by atoms with van der Waals surface area (Å²) in [6.45, 7) is 0.843. The fourth-order valence-electron chi connectivity index (χ4n) is 2.50. The number of Topliss-reactive ketones (excluding diaryl/α,β-unsaturated/α-hetero) is 1. The molecule has 1 heterocycles. The second-order valence-corrected chi connectivity index (χ2v) is 4.74. The van der Waals surface area contributed by atoms with E-state index in [1.54, 1.807) is 10.6 Å². The molecule has 1 N–H and O–H groups in total. The Bertz CT molecular complexity index is 490. The van der Waals surface area contributed by atoms with Crippen LogP contribution < -0.4 is 5.56 Å². The summed E-state index contributed by atoms with van der Waals surface area (Å²) in [5.74, 6) is 0.153. The van der Waals surface area contributed by atoms with Gasteiger partial charge in [-0.1, -0.05) is 0 Å². The lowest BCUT2D eigenvalue weighted by Crippen LogP contribution is -2.28. The lowest BCUT2D eigenvalue weighted by molar-refractivity contribution is 0.0970. The molecular formula is C14H19NO3. The van der Waals surface area contributed by atoms with Crippen molar-refractivity contribution in [2.75, 3.05) is 6.61 Å². The van der Waals surface area contributed by atoms with Gasteiger partial charge < -0.3 is 9.67 Å². The first-order valence-electron chi connectivity index (χ1n) is 6.61. The molecule has 0 fully saturated rings. The third-order valence-corrected chi connectivity index (χ3v) is 3.45. The van der Waals surface area contributed by atoms with Crippen LogP contribution in [0.5, 0.6) is 0 Å². The van der Waals surface area contributed by atoms with Crippen LogP contribution in [0.3, 0.4) is 0 Å². The molecule has 0 saturated heterocycles. The maximum Gasteiger partial charge on any atom is 0.250 e. The van der Waals surface area contributed by atoms with Crippen molar-refractivity contribution < 1.29 is 9.90 Å². The Morgan fingerprint density at radius 1 is 1.11 bits per heavy atom. The van der Waals surface area contributed by atoms with Gasteiger partial charge in [0.25, 0.3) is 5.56 Å². The molecule has 4 nitrogen and oxygen atoms in total. The Morgan fingerprint density at radius 3 is 2.72 bits per heavy atom. The first-order chi connectivity index (χ1) is 8.74. The van der Waals surface area contributed by atoms with Crippen molar-refractivity contribution in [3.05, 3.63) is 33.7 Å². The zero-order chi connectivity index (χ0) is 13.0. The Balaban J connectivity index is 2.20. The number of hydrogen-bond acceptors (Lipinski definition) is 3. The maximum atomic E-state index is 11.9. The molecule has 0 atom stereocenters. The number of carbonyl (C=O) groups excluding carboxylic acids is 1. The molecule has 98 valence electrons. The minimum absolute atomic E-state index is 0.0209. The summed E-state index contributed by atoms with van der Waals surface area (Å²) < 4.78 is 1.74. The van der Waals surface area contributed by atoms with Gasteiger partial charge in [-0.3, -0.25) is 9.59 Å². The quantitative estimate of drug-likeness (QED) is 0.805. The monoisotopic (exact) mass is 249 g/mol. The van der Waals surface area contributed by atoms with Gasteiger partial charge in [0.15, 0.2) is 5.78 Å². The molecular weight excluding hydrogens is 230 g/mol. The van der Waals surface area contributed by atoms with E-state index in [-0.39, 0.29) is 17.9 Å². The van der Waals surface area contributed by atoms with Crippen LogP contribution in [-0.2, 0) is 13.0 Å². The van der Waals surface area contributed by atoms with Crippen LogP contribution in [0, 0.1) is 0 Å². The molecule has 1 aromatic heterocycles. The van der Waals surface area contributed by atoms with E-state index in [4.69, 9.17) is 5.11 Å². The van der Waals surface area contributed by atoms with E-state index in [0.717, 1.165) is 43.4 Å². The molecule has 0 radical (unpaired) electrons. The average Bonchev–Trinajstić information content (AvgIpc) is 2.37. The normalized spacial score (nSPS) is 14.6. The highest BCUT2D eigenvalue weighted by atomic mass is 16.2. The highest BCUT2D eigenvalue weighted by molar-refractivity contribution is 5.97. The van der Waals surface area contributed by atoms with Crippen LogP contribution in [0.15, 0.2) is 16.9 Å². The van der Waals surface area contributed by atoms with Crippen LogP contribution >= 0.6 is 0 Å². The molecule has 0 amide bonds. The Hall–Kier alpha value is -1.42. The lowest BCUT2D eigenvalue weighted by atomic mass is 9.94. The summed E-state index contributed by atoms with van der Waals surface area (Å²) in [6, 6.07) is 3.16. The standard InChI is InChI=1S/C14H19NO3/c16-10-3-1-2-9-15-12-5-4-6-13(17)11(12)7-8-14(15)18/h7-8,16H,1-6,9-10H2. The van der Waals surface area contributed by atoms with Crippen LogP contribution in [0.4, 0.5) is 0 Å². The number of nitrogens with zero attached hydrogens (tertiary/aromatic N) is 1. The molecule has 0 unspecified atom stereocenters. The number of carbonyl (C=O) groups is 1. The van der Waals surface area contributed by atoms with Gasteiger partial charge in [0.1, 0.15) is 0 Å². The summed E-state index contributed by atoms with van der Waals surface area (Å²) in [4.78, 5) is 23.6. The number of unbranched alkanes of at least 4 members (excludes halogenated alkanes) is 2. The Kier molecular flexibility index (Phi) is 4.31. The molecule has 0 bridgehead atoms. The predicted molar refractivity (Wildman–Crippen MR) is 68.9 cm³/mol. The van der Waals surface area contributed by atoms with Crippen molar-refractivity contribution in [1.29, 1.82) is 0 Å². The molecule has 2 rings (SSSR count). The number of ketones is 1. The highest BCUT2D eigenvalue weighted by Crippen LogP contribution is 2.19. The van der Waals surface area contributed by atoms with E-state index in [0.29, 0.717) is 13.0 Å². The summed E-state index contributed by atoms with van der Waals surface area (Å²) in [5, 5.41) is 8.73. The summed E-state index contributed by atoms with van der Waals surface area (Å²) >= 11 is 0. The molecule has 4 heteroatoms. The number of aliphatic hydroxyl groups excluding tert-OH is 1. The topological polar surface area (TPSA) is 59.3 Å². The second-order valence-electron chi connectivity index (χ2n) is 4.74. The number of aliphatic hydroxyl groups is 1. The number of fused-ring (bicyclic) bond motifs is 1. The fraction of sp³-hybridized carbons (Fsp3) is 0.571. The summed E-state index contributed by atoms with van der Waals surface area (Å²) in [7, 11) is 0. The zero-order valence-electron chi connectivity index (χ0n) is 10.5. The van der Waals surface area contributed by atoms with Crippen molar-refractivity contribution in [2.45, 2.75) is 45.1 Å². The van der Waals surface area contributed by atoms with E-state index >= 15 is 0 Å². The Morgan fingerprint density at radius 2 is 1.94 bits per heavy atom. The van der Waals surface area contributed by atoms with Gasteiger partial charge in [-0.25, -0.2) is 0 Å². The van der Waals surface area contributed by atoms with E-state index in [1.165, 1.54) is 6.07 Å². The fourth-order valence-corrected chi connectivity index (χ4v) is 2.50. The van der Waals surface area contributed by atoms with Gasteiger partial charge in [0.05, 0.1) is 0 Å². The number of rotatable bonds is 5. The third-order valence-electron chi connectivity index (χ3n) is 3.45. The predicted octanol–water partition coefficient (Wildman–Crippen LogP) is 1.53.